The fourth-order valence-corrected chi connectivity index (χ4v) is 2.83. The largest absolute Gasteiger partial charge is 0.497 e. The summed E-state index contributed by atoms with van der Waals surface area (Å²) >= 11 is 0. The van der Waals surface area contributed by atoms with Crippen molar-refractivity contribution in [3.63, 3.8) is 0 Å². The van der Waals surface area contributed by atoms with E-state index in [1.165, 1.54) is 0 Å². The number of carbonyl (C=O) groups excluding carboxylic acids is 2. The minimum absolute atomic E-state index is 0.101. The fourth-order valence-electron chi connectivity index (χ4n) is 2.83. The number of nitrogens with one attached hydrogen (secondary N) is 3. The summed E-state index contributed by atoms with van der Waals surface area (Å²) in [5, 5.41) is 12.6. The number of hydrogen-bond donors (Lipinski definition) is 3. The second kappa shape index (κ2) is 7.35. The van der Waals surface area contributed by atoms with E-state index in [9.17, 15) is 9.59 Å². The molecule has 0 radical (unpaired) electrons. The molecule has 3 rings (SSSR count). The zero-order chi connectivity index (χ0) is 17.8. The molecule has 2 aromatic rings. The molecule has 1 aromatic carbocycles. The average Bonchev–Trinajstić information content (AvgIpc) is 3.06. The lowest BCUT2D eigenvalue weighted by Gasteiger charge is -2.25. The van der Waals surface area contributed by atoms with Gasteiger partial charge in [-0.25, -0.2) is 0 Å². The van der Waals surface area contributed by atoms with Gasteiger partial charge in [0, 0.05) is 19.2 Å². The molecule has 25 heavy (non-hydrogen) atoms. The van der Waals surface area contributed by atoms with E-state index >= 15 is 0 Å². The first-order valence-electron chi connectivity index (χ1n) is 7.88. The lowest BCUT2D eigenvalue weighted by atomic mass is 9.89. The molecule has 1 aromatic heterocycles. The van der Waals surface area contributed by atoms with Gasteiger partial charge < -0.3 is 20.1 Å². The molecule has 1 atom stereocenters. The van der Waals surface area contributed by atoms with Crippen LogP contribution in [0.3, 0.4) is 0 Å². The maximum Gasteiger partial charge on any atom is 0.228 e. The number of aromatic amines is 1. The molecule has 2 heterocycles. The number of H-pyrrole nitrogens is 1. The Kier molecular flexibility index (Phi) is 4.99. The molecule has 0 saturated carbocycles. The van der Waals surface area contributed by atoms with Crippen LogP contribution in [-0.4, -0.2) is 36.2 Å². The van der Waals surface area contributed by atoms with Gasteiger partial charge in [-0.1, -0.05) is 0 Å². The van der Waals surface area contributed by atoms with Crippen LogP contribution in [0.2, 0.25) is 0 Å². The molecule has 8 heteroatoms. The van der Waals surface area contributed by atoms with Gasteiger partial charge in [0.25, 0.3) is 0 Å². The predicted octanol–water partition coefficient (Wildman–Crippen LogP) is 1.31. The van der Waals surface area contributed by atoms with E-state index in [0.717, 1.165) is 17.0 Å². The van der Waals surface area contributed by atoms with E-state index in [4.69, 9.17) is 9.47 Å². The van der Waals surface area contributed by atoms with Gasteiger partial charge in [0.15, 0.2) is 0 Å². The third-order valence-corrected chi connectivity index (χ3v) is 4.04. The van der Waals surface area contributed by atoms with Crippen LogP contribution in [0.25, 0.3) is 0 Å². The first kappa shape index (κ1) is 17.0. The molecule has 1 aliphatic rings. The van der Waals surface area contributed by atoms with Crippen molar-refractivity contribution < 1.29 is 19.1 Å². The van der Waals surface area contributed by atoms with Crippen molar-refractivity contribution in [1.29, 1.82) is 0 Å². The average molecular weight is 344 g/mol. The van der Waals surface area contributed by atoms with Crippen LogP contribution in [0.4, 0.5) is 5.69 Å². The Hall–Kier alpha value is -2.87. The third-order valence-electron chi connectivity index (χ3n) is 4.04. The highest BCUT2D eigenvalue weighted by atomic mass is 16.5. The normalized spacial score (nSPS) is 16.1. The minimum atomic E-state index is -0.555. The number of anilines is 1. The highest BCUT2D eigenvalue weighted by molar-refractivity contribution is 6.01. The quantitative estimate of drug-likeness (QED) is 0.733. The highest BCUT2D eigenvalue weighted by Gasteiger charge is 2.31. The Morgan fingerprint density at radius 2 is 2.20 bits per heavy atom. The van der Waals surface area contributed by atoms with E-state index in [-0.39, 0.29) is 18.2 Å². The summed E-state index contributed by atoms with van der Waals surface area (Å²) in [6, 6.07) is 7.11. The molecule has 0 spiro atoms. The zero-order valence-electron chi connectivity index (χ0n) is 14.1. The van der Waals surface area contributed by atoms with Gasteiger partial charge in [-0.15, -0.1) is 0 Å². The van der Waals surface area contributed by atoms with Crippen molar-refractivity contribution in [2.45, 2.75) is 25.5 Å². The summed E-state index contributed by atoms with van der Waals surface area (Å²) in [6.45, 7) is 0.702. The highest BCUT2D eigenvalue weighted by Crippen LogP contribution is 2.35. The van der Waals surface area contributed by atoms with Gasteiger partial charge >= 0.3 is 0 Å². The van der Waals surface area contributed by atoms with E-state index in [0.29, 0.717) is 24.6 Å². The number of rotatable bonds is 6. The molecular formula is C17H20N4O4. The molecule has 8 nitrogen and oxygen atoms in total. The fraction of sp³-hybridized carbons (Fsp3) is 0.353. The minimum Gasteiger partial charge on any atom is -0.497 e. The van der Waals surface area contributed by atoms with Crippen molar-refractivity contribution in [1.82, 2.24) is 15.5 Å². The van der Waals surface area contributed by atoms with Crippen molar-refractivity contribution in [2.75, 3.05) is 19.5 Å². The van der Waals surface area contributed by atoms with E-state index in [2.05, 4.69) is 20.8 Å². The Labute approximate surface area is 144 Å². The number of fused-ring (bicyclic) bond motifs is 1. The van der Waals surface area contributed by atoms with Gasteiger partial charge in [0.2, 0.25) is 11.8 Å². The second-order valence-corrected chi connectivity index (χ2v) is 5.79. The molecule has 132 valence electrons. The molecular weight excluding hydrogens is 324 g/mol. The lowest BCUT2D eigenvalue weighted by molar-refractivity contribution is -0.126. The zero-order valence-corrected chi connectivity index (χ0v) is 14.1. The SMILES string of the molecule is COCc1cc(CNC(=O)[C@@H]2CC(=O)Nc3ccc(OC)cc32)[nH]n1. The second-order valence-electron chi connectivity index (χ2n) is 5.79. The summed E-state index contributed by atoms with van der Waals surface area (Å²) in [4.78, 5) is 24.5. The summed E-state index contributed by atoms with van der Waals surface area (Å²) in [5.41, 5.74) is 2.92. The molecule has 3 N–H and O–H groups in total. The first-order chi connectivity index (χ1) is 12.1. The van der Waals surface area contributed by atoms with Crippen LogP contribution in [0.15, 0.2) is 24.3 Å². The van der Waals surface area contributed by atoms with Crippen molar-refractivity contribution in [3.8, 4) is 5.75 Å². The number of benzene rings is 1. The number of aromatic nitrogens is 2. The predicted molar refractivity (Wildman–Crippen MR) is 90.1 cm³/mol. The number of hydrogen-bond acceptors (Lipinski definition) is 5. The summed E-state index contributed by atoms with van der Waals surface area (Å²) in [5.74, 6) is -0.306. The van der Waals surface area contributed by atoms with Gasteiger partial charge in [0.05, 0.1) is 37.6 Å². The van der Waals surface area contributed by atoms with Crippen LogP contribution < -0.4 is 15.4 Å². The Morgan fingerprint density at radius 3 is 2.96 bits per heavy atom. The first-order valence-corrected chi connectivity index (χ1v) is 7.88. The van der Waals surface area contributed by atoms with Gasteiger partial charge in [-0.2, -0.15) is 5.10 Å². The van der Waals surface area contributed by atoms with Crippen LogP contribution in [0, 0.1) is 0 Å². The maximum absolute atomic E-state index is 12.6. The monoisotopic (exact) mass is 344 g/mol. The van der Waals surface area contributed by atoms with Crippen molar-refractivity contribution >= 4 is 17.5 Å². The molecule has 2 amide bonds. The van der Waals surface area contributed by atoms with Gasteiger partial charge in [-0.05, 0) is 29.8 Å². The number of carbonyl (C=O) groups is 2. The van der Waals surface area contributed by atoms with Gasteiger partial charge in [0.1, 0.15) is 5.75 Å². The van der Waals surface area contributed by atoms with Crippen LogP contribution >= 0.6 is 0 Å². The molecule has 0 aliphatic carbocycles. The maximum atomic E-state index is 12.6. The summed E-state index contributed by atoms with van der Waals surface area (Å²) in [6.07, 6.45) is 0.101. The molecule has 1 aliphatic heterocycles. The van der Waals surface area contributed by atoms with Crippen LogP contribution in [0.5, 0.6) is 5.75 Å². The Balaban J connectivity index is 1.72. The van der Waals surface area contributed by atoms with Gasteiger partial charge in [-0.3, -0.25) is 14.7 Å². The molecule has 0 saturated heterocycles. The standard InChI is InChI=1S/C17H20N4O4/c1-24-9-11-5-10(20-21-11)8-18-17(23)14-7-16(22)19-15-4-3-12(25-2)6-13(14)15/h3-6,14H,7-9H2,1-2H3,(H,18,23)(H,19,22)(H,20,21)/t14-/m1/s1. The van der Waals surface area contributed by atoms with E-state index < -0.39 is 5.92 Å². The molecule has 0 unspecified atom stereocenters. The smallest absolute Gasteiger partial charge is 0.228 e. The summed E-state index contributed by atoms with van der Waals surface area (Å²) in [7, 11) is 3.16. The summed E-state index contributed by atoms with van der Waals surface area (Å²) < 4.78 is 10.2. The van der Waals surface area contributed by atoms with Crippen molar-refractivity contribution in [2.24, 2.45) is 0 Å². The number of methoxy groups -OCH3 is 2. The Morgan fingerprint density at radius 1 is 1.36 bits per heavy atom. The Bertz CT molecular complexity index is 787. The number of amides is 2. The third kappa shape index (κ3) is 3.80. The number of nitrogens with zero attached hydrogens (tertiary/aromatic N) is 1. The van der Waals surface area contributed by atoms with Crippen molar-refractivity contribution in [3.05, 3.63) is 41.2 Å². The van der Waals surface area contributed by atoms with Crippen LogP contribution in [0.1, 0.15) is 29.3 Å². The van der Waals surface area contributed by atoms with Crippen LogP contribution in [-0.2, 0) is 27.5 Å². The number of ether oxygens (including phenoxy) is 2. The van der Waals surface area contributed by atoms with E-state index in [1.807, 2.05) is 6.07 Å². The molecule has 0 bridgehead atoms. The lowest BCUT2D eigenvalue weighted by Crippen LogP contribution is -2.34. The molecule has 0 fully saturated rings. The topological polar surface area (TPSA) is 105 Å². The van der Waals surface area contributed by atoms with E-state index in [1.54, 1.807) is 32.4 Å².